The molecule has 0 aliphatic heterocycles. The minimum Gasteiger partial charge on any atom is -0.368 e. The van der Waals surface area contributed by atoms with Gasteiger partial charge < -0.3 is 16.0 Å². The molecule has 3 heterocycles. The third kappa shape index (κ3) is 6.28. The van der Waals surface area contributed by atoms with Crippen molar-refractivity contribution in [1.29, 1.82) is 5.26 Å². The number of aromatic nitrogens is 4. The Balaban J connectivity index is 1.61. The second kappa shape index (κ2) is 11.9. The fourth-order valence-electron chi connectivity index (χ4n) is 3.74. The molecule has 0 fully saturated rings. The molecule has 0 radical (unpaired) electrons. The molecular weight excluding hydrogens is 511 g/mol. The fraction of sp³-hybridized carbons (Fsp3) is 0.269. The molecule has 37 heavy (non-hydrogen) atoms. The van der Waals surface area contributed by atoms with Crippen LogP contribution in [0.15, 0.2) is 48.8 Å². The third-order valence-electron chi connectivity index (χ3n) is 5.82. The smallest absolute Gasteiger partial charge is 0.271 e. The summed E-state index contributed by atoms with van der Waals surface area (Å²) in [7, 11) is 0. The Morgan fingerprint density at radius 3 is 2.54 bits per heavy atom. The zero-order chi connectivity index (χ0) is 26.4. The number of nitrogens with zero attached hydrogens (tertiary/aromatic N) is 5. The Hall–Kier alpha value is -3.87. The molecule has 9 nitrogen and oxygen atoms in total. The monoisotopic (exact) mass is 536 g/mol. The fourth-order valence-corrected chi connectivity index (χ4v) is 4.24. The van der Waals surface area contributed by atoms with E-state index >= 15 is 0 Å². The SMILES string of the molecule is CCC(CC)NC(=O)c1cn2c(NCCNc3ccc(C#N)cn3)nc(-c3ccc(Cl)cc3Cl)cc2n1. The van der Waals surface area contributed by atoms with Gasteiger partial charge in [-0.2, -0.15) is 5.26 Å². The molecule has 0 unspecified atom stereocenters. The standard InChI is InChI=1S/C26H26Cl2N8O/c1-3-18(4-2)33-25(37)22-15-36-24(34-22)12-21(19-7-6-17(27)11-20(19)28)35-26(36)31-10-9-30-23-8-5-16(13-29)14-32-23/h5-8,11-12,14-15,18H,3-4,9-10H2,1-2H3,(H,30,32)(H,31,35)(H,33,37). The molecule has 0 saturated carbocycles. The number of hydrogen-bond acceptors (Lipinski definition) is 7. The van der Waals surface area contributed by atoms with E-state index in [1.54, 1.807) is 47.0 Å². The molecule has 0 bridgehead atoms. The highest BCUT2D eigenvalue weighted by molar-refractivity contribution is 6.36. The van der Waals surface area contributed by atoms with Crippen LogP contribution in [0.5, 0.6) is 0 Å². The summed E-state index contributed by atoms with van der Waals surface area (Å²) in [6.45, 7) is 5.10. The number of benzene rings is 1. The lowest BCUT2D eigenvalue weighted by atomic mass is 10.1. The van der Waals surface area contributed by atoms with Crippen molar-refractivity contribution in [3.63, 3.8) is 0 Å². The molecule has 1 amide bonds. The Labute approximate surface area is 224 Å². The van der Waals surface area contributed by atoms with Gasteiger partial charge in [-0.25, -0.2) is 15.0 Å². The summed E-state index contributed by atoms with van der Waals surface area (Å²) in [6, 6.07) is 12.6. The maximum Gasteiger partial charge on any atom is 0.271 e. The molecule has 0 aliphatic carbocycles. The number of nitrogens with one attached hydrogen (secondary N) is 3. The van der Waals surface area contributed by atoms with Crippen molar-refractivity contribution >= 4 is 46.5 Å². The zero-order valence-electron chi connectivity index (χ0n) is 20.4. The van der Waals surface area contributed by atoms with E-state index in [0.29, 0.717) is 63.1 Å². The molecule has 0 atom stereocenters. The number of hydrogen-bond donors (Lipinski definition) is 3. The van der Waals surface area contributed by atoms with E-state index in [4.69, 9.17) is 33.4 Å². The first kappa shape index (κ1) is 26.2. The number of imidazole rings is 1. The van der Waals surface area contributed by atoms with Crippen molar-refractivity contribution in [2.45, 2.75) is 32.7 Å². The van der Waals surface area contributed by atoms with Gasteiger partial charge in [0.1, 0.15) is 23.2 Å². The summed E-state index contributed by atoms with van der Waals surface area (Å²) in [5.74, 6) is 0.925. The van der Waals surface area contributed by atoms with E-state index in [9.17, 15) is 4.79 Å². The van der Waals surface area contributed by atoms with Crippen LogP contribution in [-0.2, 0) is 0 Å². The number of amides is 1. The number of pyridine rings is 1. The van der Waals surface area contributed by atoms with Crippen LogP contribution in [0, 0.1) is 11.3 Å². The maximum absolute atomic E-state index is 12.9. The van der Waals surface area contributed by atoms with Gasteiger partial charge in [0, 0.05) is 48.2 Å². The topological polar surface area (TPSA) is 120 Å². The van der Waals surface area contributed by atoms with Crippen LogP contribution in [0.1, 0.15) is 42.7 Å². The molecular formula is C26H26Cl2N8O. The molecule has 190 valence electrons. The van der Waals surface area contributed by atoms with Crippen molar-refractivity contribution in [2.75, 3.05) is 23.7 Å². The lowest BCUT2D eigenvalue weighted by Gasteiger charge is -2.13. The Bertz CT molecular complexity index is 1440. The van der Waals surface area contributed by atoms with E-state index in [1.165, 1.54) is 6.20 Å². The second-order valence-electron chi connectivity index (χ2n) is 8.33. The van der Waals surface area contributed by atoms with Crippen LogP contribution in [0.4, 0.5) is 11.8 Å². The molecule has 0 aliphatic rings. The molecule has 0 spiro atoms. The first-order valence-corrected chi connectivity index (χ1v) is 12.7. The largest absolute Gasteiger partial charge is 0.368 e. The van der Waals surface area contributed by atoms with Crippen molar-refractivity contribution in [1.82, 2.24) is 24.7 Å². The minimum atomic E-state index is -0.233. The van der Waals surface area contributed by atoms with Crippen LogP contribution in [-0.4, -0.2) is 44.4 Å². The van der Waals surface area contributed by atoms with Crippen LogP contribution in [0.25, 0.3) is 16.9 Å². The summed E-state index contributed by atoms with van der Waals surface area (Å²) >= 11 is 12.5. The van der Waals surface area contributed by atoms with E-state index < -0.39 is 0 Å². The van der Waals surface area contributed by atoms with Gasteiger partial charge in [-0.3, -0.25) is 9.20 Å². The van der Waals surface area contributed by atoms with E-state index in [0.717, 1.165) is 12.8 Å². The highest BCUT2D eigenvalue weighted by atomic mass is 35.5. The number of carbonyl (C=O) groups is 1. The van der Waals surface area contributed by atoms with Gasteiger partial charge in [-0.05, 0) is 43.2 Å². The molecule has 1 aromatic carbocycles. The maximum atomic E-state index is 12.9. The number of anilines is 2. The van der Waals surface area contributed by atoms with Gasteiger partial charge in [0.2, 0.25) is 5.95 Å². The van der Waals surface area contributed by atoms with Crippen molar-refractivity contribution < 1.29 is 4.79 Å². The normalized spacial score (nSPS) is 10.9. The summed E-state index contributed by atoms with van der Waals surface area (Å²) in [5, 5.41) is 19.4. The van der Waals surface area contributed by atoms with Gasteiger partial charge >= 0.3 is 0 Å². The number of halogens is 2. The predicted molar refractivity (Wildman–Crippen MR) is 146 cm³/mol. The van der Waals surface area contributed by atoms with Crippen LogP contribution in [0.3, 0.4) is 0 Å². The van der Waals surface area contributed by atoms with Gasteiger partial charge in [0.05, 0.1) is 16.3 Å². The van der Waals surface area contributed by atoms with Crippen molar-refractivity contribution in [3.05, 3.63) is 70.1 Å². The third-order valence-corrected chi connectivity index (χ3v) is 6.37. The minimum absolute atomic E-state index is 0.0818. The number of carbonyl (C=O) groups excluding carboxylic acids is 1. The number of nitriles is 1. The average molecular weight is 537 g/mol. The number of rotatable bonds is 10. The molecule has 11 heteroatoms. The molecule has 4 aromatic rings. The quantitative estimate of drug-likeness (QED) is 0.231. The summed E-state index contributed by atoms with van der Waals surface area (Å²) in [4.78, 5) is 26.4. The van der Waals surface area contributed by atoms with Gasteiger partial charge in [0.25, 0.3) is 5.91 Å². The Morgan fingerprint density at radius 1 is 1.08 bits per heavy atom. The molecule has 4 rings (SSSR count). The van der Waals surface area contributed by atoms with Crippen LogP contribution >= 0.6 is 23.2 Å². The van der Waals surface area contributed by atoms with Crippen LogP contribution in [0.2, 0.25) is 10.0 Å². The zero-order valence-corrected chi connectivity index (χ0v) is 21.9. The second-order valence-corrected chi connectivity index (χ2v) is 9.17. The van der Waals surface area contributed by atoms with E-state index in [1.807, 2.05) is 19.9 Å². The van der Waals surface area contributed by atoms with Gasteiger partial charge in [-0.15, -0.1) is 0 Å². The summed E-state index contributed by atoms with van der Waals surface area (Å²) in [6.07, 6.45) is 4.86. The predicted octanol–water partition coefficient (Wildman–Crippen LogP) is 5.41. The lowest BCUT2D eigenvalue weighted by Crippen LogP contribution is -2.33. The van der Waals surface area contributed by atoms with E-state index in [-0.39, 0.29) is 11.9 Å². The van der Waals surface area contributed by atoms with Gasteiger partial charge in [-0.1, -0.05) is 37.0 Å². The first-order chi connectivity index (χ1) is 17.9. The average Bonchev–Trinajstić information content (AvgIpc) is 3.34. The van der Waals surface area contributed by atoms with Crippen molar-refractivity contribution in [3.8, 4) is 17.3 Å². The van der Waals surface area contributed by atoms with E-state index in [2.05, 4.69) is 25.9 Å². The molecule has 3 aromatic heterocycles. The highest BCUT2D eigenvalue weighted by Crippen LogP contribution is 2.31. The van der Waals surface area contributed by atoms with Gasteiger partial charge in [0.15, 0.2) is 0 Å². The first-order valence-electron chi connectivity index (χ1n) is 11.9. The summed E-state index contributed by atoms with van der Waals surface area (Å²) < 4.78 is 1.75. The summed E-state index contributed by atoms with van der Waals surface area (Å²) in [5.41, 5.74) is 2.64. The molecule has 0 saturated heterocycles. The van der Waals surface area contributed by atoms with Crippen molar-refractivity contribution in [2.24, 2.45) is 0 Å². The highest BCUT2D eigenvalue weighted by Gasteiger charge is 2.18. The number of fused-ring (bicyclic) bond motifs is 1. The van der Waals surface area contributed by atoms with Crippen LogP contribution < -0.4 is 16.0 Å². The molecule has 3 N–H and O–H groups in total. The Morgan fingerprint density at radius 2 is 1.86 bits per heavy atom. The lowest BCUT2D eigenvalue weighted by molar-refractivity contribution is 0.0930. The Kier molecular flexibility index (Phi) is 8.43.